The van der Waals surface area contributed by atoms with Gasteiger partial charge in [-0.05, 0) is 68.9 Å². The van der Waals surface area contributed by atoms with Crippen molar-refractivity contribution in [2.75, 3.05) is 18.2 Å². The average Bonchev–Trinajstić information content (AvgIpc) is 2.75. The number of hydrogen-bond acceptors (Lipinski definition) is 6. The lowest BCUT2D eigenvalue weighted by Crippen LogP contribution is -2.48. The largest absolute Gasteiger partial charge is 0.394 e. The third-order valence-electron chi connectivity index (χ3n) is 7.53. The van der Waals surface area contributed by atoms with Crippen molar-refractivity contribution in [1.29, 1.82) is 0 Å². The SMILES string of the molecule is CS(=O)c1cc2c(nc1NC1(CO)CCC1)C1CCC(c3ncc(Cl)cn3)CC1CC2. The number of aromatic nitrogens is 3. The van der Waals surface area contributed by atoms with Crippen molar-refractivity contribution >= 4 is 28.2 Å². The van der Waals surface area contributed by atoms with Crippen molar-refractivity contribution in [2.24, 2.45) is 5.92 Å². The lowest BCUT2D eigenvalue weighted by atomic mass is 9.66. The Bertz CT molecular complexity index is 990. The van der Waals surface area contributed by atoms with Crippen LogP contribution in [-0.4, -0.2) is 42.7 Å². The van der Waals surface area contributed by atoms with Gasteiger partial charge in [-0.2, -0.15) is 0 Å². The molecular formula is C23H29ClN4O2S. The van der Waals surface area contributed by atoms with Crippen molar-refractivity contribution < 1.29 is 9.32 Å². The molecule has 2 N–H and O–H groups in total. The van der Waals surface area contributed by atoms with Gasteiger partial charge in [0, 0.05) is 36.2 Å². The first-order chi connectivity index (χ1) is 15.0. The van der Waals surface area contributed by atoms with Gasteiger partial charge in [-0.25, -0.2) is 15.0 Å². The maximum Gasteiger partial charge on any atom is 0.143 e. The van der Waals surface area contributed by atoms with Gasteiger partial charge in [0.25, 0.3) is 0 Å². The van der Waals surface area contributed by atoms with E-state index in [0.29, 0.717) is 28.6 Å². The molecule has 166 valence electrons. The lowest BCUT2D eigenvalue weighted by molar-refractivity contribution is 0.143. The Hall–Kier alpha value is -1.57. The number of aliphatic hydroxyl groups is 1. The Morgan fingerprint density at radius 2 is 2.03 bits per heavy atom. The minimum atomic E-state index is -1.13. The number of aliphatic hydroxyl groups excluding tert-OH is 1. The summed E-state index contributed by atoms with van der Waals surface area (Å²) in [6, 6.07) is 2.11. The van der Waals surface area contributed by atoms with Gasteiger partial charge in [0.05, 0.1) is 32.9 Å². The molecule has 0 saturated heterocycles. The van der Waals surface area contributed by atoms with Gasteiger partial charge in [0.1, 0.15) is 11.6 Å². The van der Waals surface area contributed by atoms with Crippen molar-refractivity contribution in [1.82, 2.24) is 15.0 Å². The standard InChI is InChI=1S/C23H29ClN4O2S/c1-31(30)19-10-15-4-3-14-9-16(21-25-11-17(24)12-26-21)5-6-18(14)20(15)27-22(19)28-23(13-29)7-2-8-23/h10-12,14,16,18,29H,2-9,13H2,1H3,(H,27,28). The number of hydrogen-bond donors (Lipinski definition) is 2. The fourth-order valence-electron chi connectivity index (χ4n) is 5.61. The fourth-order valence-corrected chi connectivity index (χ4v) is 6.38. The molecule has 0 spiro atoms. The second kappa shape index (κ2) is 8.41. The molecule has 3 aliphatic carbocycles. The number of aryl methyl sites for hydroxylation is 1. The summed E-state index contributed by atoms with van der Waals surface area (Å²) in [5.74, 6) is 2.94. The van der Waals surface area contributed by atoms with Crippen LogP contribution in [0.4, 0.5) is 5.82 Å². The Balaban J connectivity index is 1.42. The van der Waals surface area contributed by atoms with Gasteiger partial charge in [0.2, 0.25) is 0 Å². The van der Waals surface area contributed by atoms with Crippen LogP contribution in [0, 0.1) is 5.92 Å². The summed E-state index contributed by atoms with van der Waals surface area (Å²) in [6.45, 7) is 0.0797. The van der Waals surface area contributed by atoms with Crippen LogP contribution in [-0.2, 0) is 17.2 Å². The summed E-state index contributed by atoms with van der Waals surface area (Å²) in [5.41, 5.74) is 2.09. The molecule has 2 aromatic rings. The molecule has 0 radical (unpaired) electrons. The summed E-state index contributed by atoms with van der Waals surface area (Å²) in [5, 5.41) is 14.0. The number of fused-ring (bicyclic) bond motifs is 3. The monoisotopic (exact) mass is 460 g/mol. The first kappa shape index (κ1) is 21.3. The molecule has 31 heavy (non-hydrogen) atoms. The number of pyridine rings is 1. The van der Waals surface area contributed by atoms with Crippen LogP contribution in [0.1, 0.15) is 73.9 Å². The van der Waals surface area contributed by atoms with Gasteiger partial charge in [-0.15, -0.1) is 0 Å². The van der Waals surface area contributed by atoms with E-state index in [4.69, 9.17) is 16.6 Å². The topological polar surface area (TPSA) is 88.0 Å². The van der Waals surface area contributed by atoms with Crippen molar-refractivity contribution in [3.63, 3.8) is 0 Å². The number of nitrogens with zero attached hydrogens (tertiary/aromatic N) is 3. The van der Waals surface area contributed by atoms with Gasteiger partial charge >= 0.3 is 0 Å². The van der Waals surface area contributed by atoms with Crippen LogP contribution in [0.2, 0.25) is 5.02 Å². The van der Waals surface area contributed by atoms with Gasteiger partial charge in [-0.3, -0.25) is 4.21 Å². The molecule has 3 aliphatic rings. The Morgan fingerprint density at radius 3 is 2.68 bits per heavy atom. The number of anilines is 1. The molecule has 2 heterocycles. The Kier molecular flexibility index (Phi) is 5.78. The van der Waals surface area contributed by atoms with E-state index in [0.717, 1.165) is 67.8 Å². The molecule has 5 rings (SSSR count). The van der Waals surface area contributed by atoms with E-state index < -0.39 is 10.8 Å². The molecule has 2 saturated carbocycles. The van der Waals surface area contributed by atoms with Crippen molar-refractivity contribution in [2.45, 2.75) is 73.6 Å². The molecular weight excluding hydrogens is 432 g/mol. The highest BCUT2D eigenvalue weighted by atomic mass is 35.5. The zero-order chi connectivity index (χ0) is 21.6. The van der Waals surface area contributed by atoms with Gasteiger partial charge in [0.15, 0.2) is 0 Å². The number of halogens is 1. The van der Waals surface area contributed by atoms with Crippen LogP contribution >= 0.6 is 11.6 Å². The summed E-state index contributed by atoms with van der Waals surface area (Å²) in [6.07, 6.45) is 13.3. The van der Waals surface area contributed by atoms with E-state index in [1.165, 1.54) is 5.56 Å². The highest BCUT2D eigenvalue weighted by molar-refractivity contribution is 7.84. The van der Waals surface area contributed by atoms with E-state index in [1.54, 1.807) is 18.6 Å². The normalized spacial score (nSPS) is 27.5. The van der Waals surface area contributed by atoms with E-state index in [9.17, 15) is 9.32 Å². The zero-order valence-electron chi connectivity index (χ0n) is 17.8. The molecule has 0 bridgehead atoms. The van der Waals surface area contributed by atoms with Crippen molar-refractivity contribution in [3.8, 4) is 0 Å². The van der Waals surface area contributed by atoms with E-state index in [-0.39, 0.29) is 12.1 Å². The molecule has 0 aliphatic heterocycles. The molecule has 0 aromatic carbocycles. The Labute approximate surface area is 190 Å². The second-order valence-corrected chi connectivity index (χ2v) is 11.2. The molecule has 2 fully saturated rings. The quantitative estimate of drug-likeness (QED) is 0.695. The molecule has 4 atom stereocenters. The summed E-state index contributed by atoms with van der Waals surface area (Å²) < 4.78 is 12.5. The molecule has 0 amide bonds. The average molecular weight is 461 g/mol. The van der Waals surface area contributed by atoms with Crippen LogP contribution in [0.15, 0.2) is 23.4 Å². The predicted molar refractivity (Wildman–Crippen MR) is 122 cm³/mol. The molecule has 6 nitrogen and oxygen atoms in total. The molecule has 2 aromatic heterocycles. The van der Waals surface area contributed by atoms with Crippen LogP contribution in [0.5, 0.6) is 0 Å². The zero-order valence-corrected chi connectivity index (χ0v) is 19.4. The highest BCUT2D eigenvalue weighted by Gasteiger charge is 2.40. The minimum Gasteiger partial charge on any atom is -0.394 e. The second-order valence-electron chi connectivity index (χ2n) is 9.43. The van der Waals surface area contributed by atoms with Gasteiger partial charge in [-0.1, -0.05) is 11.6 Å². The molecule has 4 unspecified atom stereocenters. The first-order valence-corrected chi connectivity index (χ1v) is 13.2. The fraction of sp³-hybridized carbons (Fsp3) is 0.609. The van der Waals surface area contributed by atoms with E-state index >= 15 is 0 Å². The molecule has 8 heteroatoms. The summed E-state index contributed by atoms with van der Waals surface area (Å²) in [7, 11) is -1.13. The van der Waals surface area contributed by atoms with E-state index in [1.807, 2.05) is 0 Å². The van der Waals surface area contributed by atoms with Crippen LogP contribution in [0.25, 0.3) is 0 Å². The Morgan fingerprint density at radius 1 is 1.26 bits per heavy atom. The predicted octanol–water partition coefficient (Wildman–Crippen LogP) is 4.20. The van der Waals surface area contributed by atoms with Crippen LogP contribution < -0.4 is 5.32 Å². The lowest BCUT2D eigenvalue weighted by Gasteiger charge is -2.43. The number of rotatable bonds is 5. The van der Waals surface area contributed by atoms with E-state index in [2.05, 4.69) is 21.4 Å². The summed E-state index contributed by atoms with van der Waals surface area (Å²) >= 11 is 5.96. The maximum atomic E-state index is 12.5. The van der Waals surface area contributed by atoms with Crippen LogP contribution in [0.3, 0.4) is 0 Å². The smallest absolute Gasteiger partial charge is 0.143 e. The number of nitrogens with one attached hydrogen (secondary N) is 1. The third-order valence-corrected chi connectivity index (χ3v) is 8.66. The highest BCUT2D eigenvalue weighted by Crippen LogP contribution is 2.49. The summed E-state index contributed by atoms with van der Waals surface area (Å²) in [4.78, 5) is 14.8. The van der Waals surface area contributed by atoms with Gasteiger partial charge < -0.3 is 10.4 Å². The maximum absolute atomic E-state index is 12.5. The third kappa shape index (κ3) is 4.00. The minimum absolute atomic E-state index is 0.0797. The first-order valence-electron chi connectivity index (χ1n) is 11.2. The van der Waals surface area contributed by atoms with Crippen molar-refractivity contribution in [3.05, 3.63) is 40.6 Å².